The molecule has 1 aromatic carbocycles. The van der Waals surface area contributed by atoms with Gasteiger partial charge in [0.15, 0.2) is 0 Å². The summed E-state index contributed by atoms with van der Waals surface area (Å²) in [6, 6.07) is 5.70. The number of carbonyl (C=O) groups excluding carboxylic acids is 2. The molecule has 1 aromatic heterocycles. The fraction of sp³-hybridized carbons (Fsp3) is 0.350. The van der Waals surface area contributed by atoms with Gasteiger partial charge >= 0.3 is 0 Å². The number of benzene rings is 1. The first-order valence-corrected chi connectivity index (χ1v) is 8.80. The topological polar surface area (TPSA) is 80.2 Å². The fourth-order valence-electron chi connectivity index (χ4n) is 2.51. The molecule has 27 heavy (non-hydrogen) atoms. The molecule has 2 rings (SSSR count). The molecule has 0 aliphatic rings. The maximum atomic E-state index is 13.0. The molecular weight excluding hydrogens is 349 g/mol. The summed E-state index contributed by atoms with van der Waals surface area (Å²) >= 11 is 0. The van der Waals surface area contributed by atoms with Gasteiger partial charge in [0.2, 0.25) is 5.43 Å². The number of aromatic nitrogens is 1. The Morgan fingerprint density at radius 1 is 1.07 bits per heavy atom. The van der Waals surface area contributed by atoms with Gasteiger partial charge in [0.25, 0.3) is 11.8 Å². The third-order valence-electron chi connectivity index (χ3n) is 4.13. The molecule has 0 saturated carbocycles. The Morgan fingerprint density at radius 2 is 1.67 bits per heavy atom. The smallest absolute Gasteiger partial charge is 0.257 e. The molecular formula is C20H24FN3O3. The van der Waals surface area contributed by atoms with E-state index in [4.69, 9.17) is 0 Å². The summed E-state index contributed by atoms with van der Waals surface area (Å²) in [6.07, 6.45) is 3.78. The second-order valence-electron chi connectivity index (χ2n) is 6.72. The summed E-state index contributed by atoms with van der Waals surface area (Å²) in [5.74, 6) is -1.04. The third-order valence-corrected chi connectivity index (χ3v) is 4.13. The number of pyridine rings is 1. The number of nitrogens with one attached hydrogen (secondary N) is 2. The molecule has 1 heterocycles. The van der Waals surface area contributed by atoms with Gasteiger partial charge in [0.05, 0.1) is 0 Å². The number of nitrogens with zero attached hydrogens (tertiary/aromatic N) is 1. The van der Waals surface area contributed by atoms with E-state index in [9.17, 15) is 18.8 Å². The van der Waals surface area contributed by atoms with Crippen molar-refractivity contribution in [2.75, 3.05) is 7.05 Å². The van der Waals surface area contributed by atoms with Crippen molar-refractivity contribution in [3.05, 3.63) is 69.4 Å². The van der Waals surface area contributed by atoms with Crippen LogP contribution in [0.2, 0.25) is 0 Å². The van der Waals surface area contributed by atoms with Crippen LogP contribution in [-0.2, 0) is 13.1 Å². The first kappa shape index (κ1) is 20.4. The molecule has 0 bridgehead atoms. The Kier molecular flexibility index (Phi) is 6.87. The average Bonchev–Trinajstić information content (AvgIpc) is 2.65. The number of halogens is 1. The second kappa shape index (κ2) is 9.12. The summed E-state index contributed by atoms with van der Waals surface area (Å²) in [7, 11) is 1.43. The predicted octanol–water partition coefficient (Wildman–Crippen LogP) is 2.32. The number of hydrogen-bond donors (Lipinski definition) is 2. The lowest BCUT2D eigenvalue weighted by molar-refractivity contribution is 0.0949. The summed E-state index contributed by atoms with van der Waals surface area (Å²) in [5.41, 5.74) is -0.0863. The van der Waals surface area contributed by atoms with Crippen LogP contribution in [0.4, 0.5) is 4.39 Å². The molecule has 7 heteroatoms. The highest BCUT2D eigenvalue weighted by Gasteiger charge is 2.18. The van der Waals surface area contributed by atoms with Crippen LogP contribution in [-0.4, -0.2) is 23.4 Å². The molecule has 0 radical (unpaired) electrons. The Bertz CT molecular complexity index is 873. The van der Waals surface area contributed by atoms with Gasteiger partial charge in [-0.15, -0.1) is 0 Å². The highest BCUT2D eigenvalue weighted by molar-refractivity contribution is 5.99. The predicted molar refractivity (Wildman–Crippen MR) is 101 cm³/mol. The molecule has 0 atom stereocenters. The van der Waals surface area contributed by atoms with Crippen LogP contribution < -0.4 is 16.1 Å². The molecule has 0 fully saturated rings. The number of hydrogen-bond acceptors (Lipinski definition) is 3. The Morgan fingerprint density at radius 3 is 2.22 bits per heavy atom. The number of rotatable bonds is 7. The standard InChI is InChI=1S/C20H24FN3O3/c1-13(2)8-9-24-11-16(19(26)22-3)18(25)17(12-24)20(27)23-10-14-4-6-15(21)7-5-14/h4-7,11-13H,8-10H2,1-3H3,(H,22,26)(H,23,27). The average molecular weight is 373 g/mol. The molecule has 2 aromatic rings. The largest absolute Gasteiger partial charge is 0.355 e. The van der Waals surface area contributed by atoms with Gasteiger partial charge in [-0.25, -0.2) is 4.39 Å². The van der Waals surface area contributed by atoms with Crippen molar-refractivity contribution in [3.63, 3.8) is 0 Å². The number of amides is 2. The van der Waals surface area contributed by atoms with E-state index in [2.05, 4.69) is 24.5 Å². The molecule has 144 valence electrons. The summed E-state index contributed by atoms with van der Waals surface area (Å²) in [6.45, 7) is 4.87. The molecule has 2 amide bonds. The van der Waals surface area contributed by atoms with E-state index in [1.165, 1.54) is 31.6 Å². The fourth-order valence-corrected chi connectivity index (χ4v) is 2.51. The highest BCUT2D eigenvalue weighted by atomic mass is 19.1. The molecule has 0 aliphatic carbocycles. The SMILES string of the molecule is CNC(=O)c1cn(CCC(C)C)cc(C(=O)NCc2ccc(F)cc2)c1=O. The van der Waals surface area contributed by atoms with Gasteiger partial charge in [0, 0.05) is 32.5 Å². The van der Waals surface area contributed by atoms with Crippen molar-refractivity contribution in [1.29, 1.82) is 0 Å². The summed E-state index contributed by atoms with van der Waals surface area (Å²) < 4.78 is 14.7. The Balaban J connectivity index is 2.27. The van der Waals surface area contributed by atoms with Gasteiger partial charge in [-0.2, -0.15) is 0 Å². The maximum Gasteiger partial charge on any atom is 0.257 e. The van der Waals surface area contributed by atoms with Crippen LogP contribution in [0.5, 0.6) is 0 Å². The molecule has 0 spiro atoms. The van der Waals surface area contributed by atoms with Gasteiger partial charge in [-0.1, -0.05) is 26.0 Å². The van der Waals surface area contributed by atoms with Gasteiger partial charge < -0.3 is 15.2 Å². The van der Waals surface area contributed by atoms with Crippen LogP contribution in [0.1, 0.15) is 46.5 Å². The van der Waals surface area contributed by atoms with E-state index < -0.39 is 17.2 Å². The van der Waals surface area contributed by atoms with E-state index in [-0.39, 0.29) is 23.5 Å². The van der Waals surface area contributed by atoms with E-state index in [0.29, 0.717) is 18.0 Å². The quantitative estimate of drug-likeness (QED) is 0.782. The highest BCUT2D eigenvalue weighted by Crippen LogP contribution is 2.07. The lowest BCUT2D eigenvalue weighted by Gasteiger charge is -2.13. The van der Waals surface area contributed by atoms with Crippen molar-refractivity contribution in [3.8, 4) is 0 Å². The first-order chi connectivity index (χ1) is 12.8. The van der Waals surface area contributed by atoms with Gasteiger partial charge in [0.1, 0.15) is 16.9 Å². The van der Waals surface area contributed by atoms with E-state index in [1.807, 2.05) is 0 Å². The first-order valence-electron chi connectivity index (χ1n) is 8.80. The zero-order chi connectivity index (χ0) is 20.0. The molecule has 0 aliphatic heterocycles. The van der Waals surface area contributed by atoms with Crippen LogP contribution in [0, 0.1) is 11.7 Å². The van der Waals surface area contributed by atoms with Crippen molar-refractivity contribution in [2.24, 2.45) is 5.92 Å². The normalized spacial score (nSPS) is 10.7. The van der Waals surface area contributed by atoms with E-state index in [0.717, 1.165) is 6.42 Å². The van der Waals surface area contributed by atoms with Gasteiger partial charge in [-0.05, 0) is 30.0 Å². The molecule has 6 nitrogen and oxygen atoms in total. The zero-order valence-electron chi connectivity index (χ0n) is 15.7. The van der Waals surface area contributed by atoms with Crippen LogP contribution in [0.15, 0.2) is 41.5 Å². The van der Waals surface area contributed by atoms with Gasteiger partial charge in [-0.3, -0.25) is 14.4 Å². The zero-order valence-corrected chi connectivity index (χ0v) is 15.7. The minimum atomic E-state index is -0.619. The minimum absolute atomic E-state index is 0.0734. The lowest BCUT2D eigenvalue weighted by Crippen LogP contribution is -2.34. The summed E-state index contributed by atoms with van der Waals surface area (Å²) in [5, 5.41) is 5.07. The molecule has 0 saturated heterocycles. The Labute approximate surface area is 157 Å². The number of carbonyl (C=O) groups is 2. The second-order valence-corrected chi connectivity index (χ2v) is 6.72. The van der Waals surface area contributed by atoms with Crippen LogP contribution in [0.3, 0.4) is 0 Å². The number of aryl methyl sites for hydroxylation is 1. The maximum absolute atomic E-state index is 13.0. The van der Waals surface area contributed by atoms with Crippen molar-refractivity contribution in [1.82, 2.24) is 15.2 Å². The molecule has 0 unspecified atom stereocenters. The van der Waals surface area contributed by atoms with Crippen molar-refractivity contribution >= 4 is 11.8 Å². The minimum Gasteiger partial charge on any atom is -0.355 e. The molecule has 2 N–H and O–H groups in total. The van der Waals surface area contributed by atoms with E-state index in [1.54, 1.807) is 16.7 Å². The van der Waals surface area contributed by atoms with Crippen LogP contribution >= 0.6 is 0 Å². The third kappa shape index (κ3) is 5.51. The monoisotopic (exact) mass is 373 g/mol. The summed E-state index contributed by atoms with van der Waals surface area (Å²) in [4.78, 5) is 37.1. The Hall–Kier alpha value is -2.96. The van der Waals surface area contributed by atoms with Crippen molar-refractivity contribution in [2.45, 2.75) is 33.4 Å². The van der Waals surface area contributed by atoms with E-state index >= 15 is 0 Å². The van der Waals surface area contributed by atoms with Crippen LogP contribution in [0.25, 0.3) is 0 Å². The van der Waals surface area contributed by atoms with Crippen molar-refractivity contribution < 1.29 is 14.0 Å². The lowest BCUT2D eigenvalue weighted by atomic mass is 10.1.